The third kappa shape index (κ3) is 3.42. The Balaban J connectivity index is 1.42. The average molecular weight is 459 g/mol. The smallest absolute Gasteiger partial charge is 0.278 e. The lowest BCUT2D eigenvalue weighted by Gasteiger charge is -2.34. The molecule has 176 valence electrons. The third-order valence-corrected chi connectivity index (χ3v) is 6.84. The molecule has 0 spiro atoms. The molecule has 0 atom stereocenters. The Labute approximate surface area is 197 Å². The fourth-order valence-electron chi connectivity index (χ4n) is 4.95. The highest BCUT2D eigenvalue weighted by atomic mass is 16.1. The van der Waals surface area contributed by atoms with Crippen LogP contribution < -0.4 is 16.2 Å². The van der Waals surface area contributed by atoms with Gasteiger partial charge in [-0.2, -0.15) is 10.1 Å². The highest BCUT2D eigenvalue weighted by Gasteiger charge is 2.28. The van der Waals surface area contributed by atoms with E-state index in [4.69, 9.17) is 10.1 Å². The number of nitrogens with one attached hydrogen (secondary N) is 2. The maximum Gasteiger partial charge on any atom is 0.278 e. The highest BCUT2D eigenvalue weighted by Crippen LogP contribution is 2.34. The molecule has 4 heterocycles. The molecule has 0 bridgehead atoms. The van der Waals surface area contributed by atoms with Gasteiger partial charge in [0.25, 0.3) is 5.56 Å². The van der Waals surface area contributed by atoms with Gasteiger partial charge in [0.2, 0.25) is 5.95 Å². The first-order valence-corrected chi connectivity index (χ1v) is 12.0. The zero-order valence-corrected chi connectivity index (χ0v) is 20.0. The monoisotopic (exact) mass is 458 g/mol. The van der Waals surface area contributed by atoms with Crippen LogP contribution in [-0.2, 0) is 12.0 Å². The Morgan fingerprint density at radius 2 is 2.03 bits per heavy atom. The Morgan fingerprint density at radius 1 is 1.21 bits per heavy atom. The molecule has 0 radical (unpaired) electrons. The summed E-state index contributed by atoms with van der Waals surface area (Å²) in [6.07, 6.45) is 6.88. The average Bonchev–Trinajstić information content (AvgIpc) is 3.45. The first kappa shape index (κ1) is 21.1. The summed E-state index contributed by atoms with van der Waals surface area (Å²) in [6.45, 7) is 9.35. The van der Waals surface area contributed by atoms with Crippen molar-refractivity contribution in [1.82, 2.24) is 34.4 Å². The molecule has 34 heavy (non-hydrogen) atoms. The Bertz CT molecular complexity index is 1450. The van der Waals surface area contributed by atoms with Crippen molar-refractivity contribution in [3.05, 3.63) is 58.1 Å². The molecule has 1 fully saturated rings. The zero-order valence-electron chi connectivity index (χ0n) is 20.0. The van der Waals surface area contributed by atoms with E-state index in [0.717, 1.165) is 31.5 Å². The summed E-state index contributed by atoms with van der Waals surface area (Å²) in [4.78, 5) is 22.5. The number of nitrogens with zero attached hydrogens (tertiary/aromatic N) is 6. The molecule has 0 saturated heterocycles. The van der Waals surface area contributed by atoms with Crippen LogP contribution in [0.25, 0.3) is 16.9 Å². The van der Waals surface area contributed by atoms with Gasteiger partial charge in [0, 0.05) is 35.7 Å². The number of fused-ring (bicyclic) bond motifs is 2. The Hall–Kier alpha value is -3.46. The van der Waals surface area contributed by atoms with Crippen molar-refractivity contribution in [1.29, 1.82) is 0 Å². The summed E-state index contributed by atoms with van der Waals surface area (Å²) in [5.41, 5.74) is 3.98. The van der Waals surface area contributed by atoms with Crippen LogP contribution in [0, 0.1) is 0 Å². The molecule has 6 rings (SSSR count). The minimum absolute atomic E-state index is 0.0405. The second kappa shape index (κ2) is 7.53. The molecule has 2 N–H and O–H groups in total. The summed E-state index contributed by atoms with van der Waals surface area (Å²) in [7, 11) is 0. The van der Waals surface area contributed by atoms with E-state index in [2.05, 4.69) is 47.7 Å². The van der Waals surface area contributed by atoms with Gasteiger partial charge in [0.1, 0.15) is 5.39 Å². The first-order chi connectivity index (χ1) is 16.3. The molecule has 0 amide bonds. The lowest BCUT2D eigenvalue weighted by molar-refractivity contribution is 0.382. The quantitative estimate of drug-likeness (QED) is 0.472. The number of rotatable bonds is 5. The first-order valence-electron chi connectivity index (χ1n) is 12.0. The second-order valence-electron chi connectivity index (χ2n) is 10.2. The van der Waals surface area contributed by atoms with Gasteiger partial charge in [-0.1, -0.05) is 6.07 Å². The van der Waals surface area contributed by atoms with Gasteiger partial charge in [-0.25, -0.2) is 14.3 Å². The molecule has 1 aliphatic carbocycles. The standard InChI is InChI=1S/C25H30N8O/c1-15(2)32-23(34)19-14-26-24(28-17-5-8-20-16(13-17)9-11-27-25(20,3)4)29-22(19)33(32)21-10-12-31(30-21)18-6-7-18/h5,8,10,12-15,18,27H,6-7,9,11H2,1-4H3,(H,26,28,29). The molecular formula is C25H30N8O. The SMILES string of the molecule is CC(C)n1c(=O)c2cnc(Nc3ccc4c(c3)CCNC4(C)C)nc2n1-c1ccn(C2CC2)n1. The Morgan fingerprint density at radius 3 is 2.79 bits per heavy atom. The fourth-order valence-corrected chi connectivity index (χ4v) is 4.95. The van der Waals surface area contributed by atoms with E-state index < -0.39 is 0 Å². The van der Waals surface area contributed by atoms with Gasteiger partial charge < -0.3 is 10.6 Å². The van der Waals surface area contributed by atoms with Crippen LogP contribution in [0.15, 0.2) is 41.5 Å². The van der Waals surface area contributed by atoms with Gasteiger partial charge in [-0.05, 0) is 76.8 Å². The van der Waals surface area contributed by atoms with Gasteiger partial charge >= 0.3 is 0 Å². The van der Waals surface area contributed by atoms with E-state index in [9.17, 15) is 4.79 Å². The van der Waals surface area contributed by atoms with E-state index in [1.165, 1.54) is 11.1 Å². The topological polar surface area (TPSA) is 94.6 Å². The molecule has 2 aliphatic rings. The van der Waals surface area contributed by atoms with E-state index in [0.29, 0.717) is 28.8 Å². The van der Waals surface area contributed by atoms with E-state index in [1.807, 2.05) is 35.5 Å². The van der Waals surface area contributed by atoms with Gasteiger partial charge in [-0.15, -0.1) is 0 Å². The van der Waals surface area contributed by atoms with Crippen molar-refractivity contribution in [2.75, 3.05) is 11.9 Å². The summed E-state index contributed by atoms with van der Waals surface area (Å²) in [5, 5.41) is 12.2. The normalized spacial score (nSPS) is 17.3. The maximum atomic E-state index is 13.2. The van der Waals surface area contributed by atoms with Crippen LogP contribution in [0.3, 0.4) is 0 Å². The third-order valence-electron chi connectivity index (χ3n) is 6.84. The van der Waals surface area contributed by atoms with Gasteiger partial charge in [0.15, 0.2) is 11.5 Å². The molecular weight excluding hydrogens is 428 g/mol. The summed E-state index contributed by atoms with van der Waals surface area (Å²) >= 11 is 0. The van der Waals surface area contributed by atoms with Crippen molar-refractivity contribution in [3.8, 4) is 5.82 Å². The molecule has 1 aromatic carbocycles. The molecule has 9 nitrogen and oxygen atoms in total. The van der Waals surface area contributed by atoms with Crippen LogP contribution in [-0.4, -0.2) is 35.7 Å². The van der Waals surface area contributed by atoms with E-state index in [1.54, 1.807) is 10.9 Å². The summed E-state index contributed by atoms with van der Waals surface area (Å²) in [6, 6.07) is 8.76. The Kier molecular flexibility index (Phi) is 4.67. The van der Waals surface area contributed by atoms with Crippen molar-refractivity contribution in [2.24, 2.45) is 0 Å². The molecule has 1 aliphatic heterocycles. The molecule has 9 heteroatoms. The highest BCUT2D eigenvalue weighted by molar-refractivity contribution is 5.77. The minimum Gasteiger partial charge on any atom is -0.324 e. The van der Waals surface area contributed by atoms with Crippen LogP contribution in [0.1, 0.15) is 63.7 Å². The van der Waals surface area contributed by atoms with Crippen LogP contribution in [0.2, 0.25) is 0 Å². The summed E-state index contributed by atoms with van der Waals surface area (Å²) < 4.78 is 5.52. The van der Waals surface area contributed by atoms with E-state index in [-0.39, 0.29) is 17.1 Å². The van der Waals surface area contributed by atoms with Gasteiger partial charge in [0.05, 0.1) is 6.04 Å². The number of hydrogen-bond acceptors (Lipinski definition) is 6. The van der Waals surface area contributed by atoms with Crippen LogP contribution in [0.5, 0.6) is 0 Å². The number of hydrogen-bond donors (Lipinski definition) is 2. The zero-order chi connectivity index (χ0) is 23.6. The maximum absolute atomic E-state index is 13.2. The molecule has 3 aromatic heterocycles. The predicted octanol–water partition coefficient (Wildman–Crippen LogP) is 3.82. The lowest BCUT2D eigenvalue weighted by atomic mass is 9.85. The molecule has 4 aromatic rings. The fraction of sp³-hybridized carbons (Fsp3) is 0.440. The lowest BCUT2D eigenvalue weighted by Crippen LogP contribution is -2.42. The number of aromatic nitrogens is 6. The van der Waals surface area contributed by atoms with Crippen molar-refractivity contribution in [3.63, 3.8) is 0 Å². The predicted molar refractivity (Wildman–Crippen MR) is 132 cm³/mol. The van der Waals surface area contributed by atoms with Gasteiger partial charge in [-0.3, -0.25) is 9.48 Å². The molecule has 0 unspecified atom stereocenters. The van der Waals surface area contributed by atoms with Crippen molar-refractivity contribution < 1.29 is 0 Å². The van der Waals surface area contributed by atoms with Crippen molar-refractivity contribution >= 4 is 22.7 Å². The molecule has 1 saturated carbocycles. The van der Waals surface area contributed by atoms with Crippen LogP contribution in [0.4, 0.5) is 11.6 Å². The number of benzene rings is 1. The van der Waals surface area contributed by atoms with E-state index >= 15 is 0 Å². The van der Waals surface area contributed by atoms with Crippen molar-refractivity contribution in [2.45, 2.75) is 64.6 Å². The second-order valence-corrected chi connectivity index (χ2v) is 10.2. The minimum atomic E-state index is -0.110. The number of anilines is 2. The summed E-state index contributed by atoms with van der Waals surface area (Å²) in [5.74, 6) is 1.15. The largest absolute Gasteiger partial charge is 0.324 e. The van der Waals surface area contributed by atoms with Crippen LogP contribution >= 0.6 is 0 Å².